The molecule has 46 heavy (non-hydrogen) atoms. The van der Waals surface area contributed by atoms with Crippen LogP contribution in [0.5, 0.6) is 5.75 Å². The third kappa shape index (κ3) is 4.43. The van der Waals surface area contributed by atoms with Crippen molar-refractivity contribution in [1.82, 2.24) is 20.6 Å². The molecule has 2 aromatic carbocycles. The third-order valence-electron chi connectivity index (χ3n) is 8.83. The predicted octanol–water partition coefficient (Wildman–Crippen LogP) is 3.69. The molecule has 0 aliphatic carbocycles. The van der Waals surface area contributed by atoms with Gasteiger partial charge < -0.3 is 34.6 Å². The van der Waals surface area contributed by atoms with Crippen molar-refractivity contribution in [3.05, 3.63) is 82.5 Å². The molecule has 1 unspecified atom stereocenters. The van der Waals surface area contributed by atoms with Gasteiger partial charge in [0.1, 0.15) is 47.5 Å². The largest absolute Gasteiger partial charge is 0.469 e. The molecule has 5 atom stereocenters. The number of aromatic nitrogens is 2. The lowest BCUT2D eigenvalue weighted by Crippen LogP contribution is -2.52. The number of fused-ring (bicyclic) bond motifs is 4. The fourth-order valence-electron chi connectivity index (χ4n) is 6.46. The second-order valence-corrected chi connectivity index (χ2v) is 12.5. The number of nitriles is 1. The molecule has 4 N–H and O–H groups in total. The van der Waals surface area contributed by atoms with Gasteiger partial charge in [-0.1, -0.05) is 39.8 Å². The molecule has 13 heteroatoms. The van der Waals surface area contributed by atoms with E-state index in [1.807, 2.05) is 26.0 Å². The first-order valence-electron chi connectivity index (χ1n) is 15.0. The topological polar surface area (TPSA) is 176 Å². The Hall–Kier alpha value is -5.22. The summed E-state index contributed by atoms with van der Waals surface area (Å²) < 4.78 is 33.9. The zero-order valence-electron chi connectivity index (χ0n) is 25.4. The van der Waals surface area contributed by atoms with Crippen LogP contribution >= 0.6 is 0 Å². The first-order chi connectivity index (χ1) is 22.0. The number of halogens is 1. The van der Waals surface area contributed by atoms with Crippen LogP contribution in [0.15, 0.2) is 51.5 Å². The third-order valence-corrected chi connectivity index (χ3v) is 8.83. The van der Waals surface area contributed by atoms with Crippen LogP contribution in [-0.4, -0.2) is 45.3 Å². The highest BCUT2D eigenvalue weighted by atomic mass is 19.1. The van der Waals surface area contributed by atoms with Crippen molar-refractivity contribution in [3.8, 4) is 23.4 Å². The molecule has 3 aliphatic heterocycles. The number of nitrogens with one attached hydrogen (secondary N) is 3. The number of aliphatic hydroxyl groups excluding tert-OH is 1. The summed E-state index contributed by atoms with van der Waals surface area (Å²) in [6.45, 7) is 7.16. The van der Waals surface area contributed by atoms with Gasteiger partial charge in [-0.2, -0.15) is 10.2 Å². The molecule has 236 valence electrons. The average Bonchev–Trinajstić information content (AvgIpc) is 3.79. The highest BCUT2D eigenvalue weighted by Crippen LogP contribution is 2.59. The van der Waals surface area contributed by atoms with Gasteiger partial charge in [0.25, 0.3) is 0 Å². The van der Waals surface area contributed by atoms with E-state index in [2.05, 4.69) is 20.9 Å². The summed E-state index contributed by atoms with van der Waals surface area (Å²) >= 11 is 0. The maximum Gasteiger partial charge on any atom is 0.250 e. The predicted molar refractivity (Wildman–Crippen MR) is 160 cm³/mol. The van der Waals surface area contributed by atoms with Crippen molar-refractivity contribution in [2.75, 3.05) is 5.32 Å². The van der Waals surface area contributed by atoms with Crippen LogP contribution in [0.3, 0.4) is 0 Å². The van der Waals surface area contributed by atoms with Crippen molar-refractivity contribution in [1.29, 1.82) is 5.26 Å². The molecule has 7 rings (SSSR count). The van der Waals surface area contributed by atoms with E-state index in [1.165, 1.54) is 18.4 Å². The number of aliphatic hydroxyl groups is 1. The van der Waals surface area contributed by atoms with Gasteiger partial charge in [0.15, 0.2) is 23.4 Å². The van der Waals surface area contributed by atoms with E-state index < -0.39 is 47.5 Å². The van der Waals surface area contributed by atoms with Gasteiger partial charge in [-0.25, -0.2) is 9.37 Å². The first kappa shape index (κ1) is 29.5. The maximum atomic E-state index is 15.0. The van der Waals surface area contributed by atoms with Crippen LogP contribution in [0.2, 0.25) is 0 Å². The average molecular weight is 627 g/mol. The number of rotatable bonds is 5. The fourth-order valence-corrected chi connectivity index (χ4v) is 6.46. The lowest BCUT2D eigenvalue weighted by atomic mass is 9.72. The number of amides is 2. The van der Waals surface area contributed by atoms with Crippen LogP contribution in [0, 0.1) is 29.0 Å². The van der Waals surface area contributed by atoms with E-state index in [4.69, 9.17) is 18.6 Å². The van der Waals surface area contributed by atoms with E-state index in [0.717, 1.165) is 0 Å². The molecule has 12 nitrogen and oxygen atoms in total. The van der Waals surface area contributed by atoms with Gasteiger partial charge >= 0.3 is 0 Å². The molecule has 0 saturated heterocycles. The van der Waals surface area contributed by atoms with E-state index in [-0.39, 0.29) is 47.2 Å². The lowest BCUT2D eigenvalue weighted by Gasteiger charge is -2.29. The number of hydrogen-bond donors (Lipinski definition) is 4. The van der Waals surface area contributed by atoms with Crippen molar-refractivity contribution in [2.24, 2.45) is 11.8 Å². The van der Waals surface area contributed by atoms with E-state index in [9.17, 15) is 20.0 Å². The number of benzene rings is 2. The zero-order valence-corrected chi connectivity index (χ0v) is 25.4. The van der Waals surface area contributed by atoms with Crippen LogP contribution in [-0.2, 0) is 21.4 Å². The molecule has 2 amide bonds. The monoisotopic (exact) mass is 626 g/mol. The highest BCUT2D eigenvalue weighted by molar-refractivity contribution is 5.90. The summed E-state index contributed by atoms with van der Waals surface area (Å²) in [5, 5.41) is 29.0. The Balaban J connectivity index is 1.50. The molecule has 1 spiro atoms. The first-order valence-corrected chi connectivity index (χ1v) is 15.0. The molecule has 4 bridgehead atoms. The zero-order chi connectivity index (χ0) is 32.5. The fraction of sp³-hybridized carbons (Fsp3) is 0.364. The van der Waals surface area contributed by atoms with Gasteiger partial charge in [0.05, 0.1) is 0 Å². The minimum atomic E-state index is -1.32. The second kappa shape index (κ2) is 10.7. The second-order valence-electron chi connectivity index (χ2n) is 12.5. The van der Waals surface area contributed by atoms with Gasteiger partial charge in [-0.05, 0) is 41.7 Å². The molecule has 4 aromatic rings. The molecule has 0 saturated carbocycles. The Kier molecular flexibility index (Phi) is 6.86. The molecule has 3 aliphatic rings. The van der Waals surface area contributed by atoms with Gasteiger partial charge in [0.2, 0.25) is 23.6 Å². The van der Waals surface area contributed by atoms with Crippen molar-refractivity contribution in [3.63, 3.8) is 0 Å². The number of anilines is 1. The molecular formula is C33H31FN6O6. The van der Waals surface area contributed by atoms with E-state index >= 15 is 4.39 Å². The van der Waals surface area contributed by atoms with E-state index in [0.29, 0.717) is 28.1 Å². The molecular weight excluding hydrogens is 595 g/mol. The SMILES string of the molecule is CC(C)[C@H](O)C(=O)N[C@H]1Cc2ccc3c(c2)C2(c4cc(F)ccc4N[C@@H]2O3)c2oc(nc2-c2nc(C#N)co2)[C@H](C(C)C)NC1=O. The van der Waals surface area contributed by atoms with Gasteiger partial charge in [-0.15, -0.1) is 0 Å². The van der Waals surface area contributed by atoms with Crippen LogP contribution in [0.25, 0.3) is 11.6 Å². The summed E-state index contributed by atoms with van der Waals surface area (Å²) in [4.78, 5) is 36.0. The van der Waals surface area contributed by atoms with Crippen LogP contribution in [0.1, 0.15) is 67.8 Å². The Labute approximate surface area is 263 Å². The van der Waals surface area contributed by atoms with Gasteiger partial charge in [-0.3, -0.25) is 9.59 Å². The quantitative estimate of drug-likeness (QED) is 0.256. The van der Waals surface area contributed by atoms with Crippen molar-refractivity contribution in [2.45, 2.75) is 63.9 Å². The summed E-state index contributed by atoms with van der Waals surface area (Å²) in [5.41, 5.74) is 1.29. The standard InChI is InChI=1S/C33H31FN6O6/c1-14(2)24-31-40-25(30-36-18(12-35)13-44-30)27(46-31)33-19-11-17(34)6-7-21(19)38-32(33)45-23-8-5-16(9-20(23)33)10-22(28(42)39-24)37-29(43)26(41)15(3)4/h5-9,11,13-15,22,24,26,32,38,41H,10H2,1-4H3,(H,37,43)(H,39,42)/t22-,24-,26-,32+,33?/m0/s1. The molecule has 0 fully saturated rings. The Morgan fingerprint density at radius 3 is 2.67 bits per heavy atom. The Bertz CT molecular complexity index is 1930. The number of hydrogen-bond acceptors (Lipinski definition) is 10. The van der Waals surface area contributed by atoms with E-state index in [1.54, 1.807) is 32.0 Å². The molecule has 2 aromatic heterocycles. The number of carbonyl (C=O) groups is 2. The molecule has 0 radical (unpaired) electrons. The summed E-state index contributed by atoms with van der Waals surface area (Å²) in [6, 6.07) is 9.86. The van der Waals surface area contributed by atoms with Gasteiger partial charge in [0, 0.05) is 23.2 Å². The number of carbonyl (C=O) groups excluding carboxylic acids is 2. The Morgan fingerprint density at radius 1 is 1.15 bits per heavy atom. The highest BCUT2D eigenvalue weighted by Gasteiger charge is 2.61. The number of ether oxygens (including phenoxy) is 1. The van der Waals surface area contributed by atoms with Crippen molar-refractivity contribution < 1.29 is 32.7 Å². The molecule has 5 heterocycles. The summed E-state index contributed by atoms with van der Waals surface area (Å²) in [5.74, 6) is -1.45. The minimum absolute atomic E-state index is 0.000602. The van der Waals surface area contributed by atoms with Crippen molar-refractivity contribution >= 4 is 17.5 Å². The number of nitrogens with zero attached hydrogens (tertiary/aromatic N) is 3. The normalized spacial score (nSPS) is 23.3. The number of oxazole rings is 2. The smallest absolute Gasteiger partial charge is 0.250 e. The lowest BCUT2D eigenvalue weighted by molar-refractivity contribution is -0.135. The van der Waals surface area contributed by atoms with Crippen LogP contribution in [0.4, 0.5) is 10.1 Å². The summed E-state index contributed by atoms with van der Waals surface area (Å²) in [6.07, 6.45) is -0.838. The summed E-state index contributed by atoms with van der Waals surface area (Å²) in [7, 11) is 0. The minimum Gasteiger partial charge on any atom is -0.469 e. The maximum absolute atomic E-state index is 15.0. The van der Waals surface area contributed by atoms with Crippen LogP contribution < -0.4 is 20.7 Å². The Morgan fingerprint density at radius 2 is 1.96 bits per heavy atom.